The number of nitrogens with one attached hydrogen (secondary N) is 2. The van der Waals surface area contributed by atoms with Gasteiger partial charge in [-0.15, -0.1) is 0 Å². The van der Waals surface area contributed by atoms with Gasteiger partial charge in [-0.3, -0.25) is 4.79 Å². The summed E-state index contributed by atoms with van der Waals surface area (Å²) < 4.78 is 5.53. The zero-order valence-electron chi connectivity index (χ0n) is 15.6. The number of carbonyl (C=O) groups excluding carboxylic acids is 2. The molecule has 148 valence electrons. The van der Waals surface area contributed by atoms with Gasteiger partial charge in [-0.1, -0.05) is 29.8 Å². The van der Waals surface area contributed by atoms with Crippen molar-refractivity contribution in [2.45, 2.75) is 12.8 Å². The Hall–Kier alpha value is -2.73. The van der Waals surface area contributed by atoms with Gasteiger partial charge in [0.05, 0.1) is 0 Å². The van der Waals surface area contributed by atoms with Crippen LogP contribution in [0.5, 0.6) is 5.75 Å². The largest absolute Gasteiger partial charge is 0.484 e. The lowest BCUT2D eigenvalue weighted by molar-refractivity contribution is -0.134. The van der Waals surface area contributed by atoms with Crippen LogP contribution in [0.1, 0.15) is 12.8 Å². The Morgan fingerprint density at radius 1 is 1.04 bits per heavy atom. The van der Waals surface area contributed by atoms with E-state index in [9.17, 15) is 9.59 Å². The van der Waals surface area contributed by atoms with E-state index in [4.69, 9.17) is 16.3 Å². The number of likely N-dealkylation sites (tertiary alicyclic amines) is 1. The van der Waals surface area contributed by atoms with Crippen LogP contribution >= 0.6 is 11.6 Å². The number of anilines is 1. The van der Waals surface area contributed by atoms with E-state index in [0.717, 1.165) is 12.8 Å². The molecule has 0 atom stereocenters. The second kappa shape index (κ2) is 9.99. The molecule has 2 aromatic rings. The zero-order chi connectivity index (χ0) is 19.8. The monoisotopic (exact) mass is 401 g/mol. The Bertz CT molecular complexity index is 775. The number of ether oxygens (including phenoxy) is 1. The highest BCUT2D eigenvalue weighted by atomic mass is 35.5. The number of nitrogens with zero attached hydrogens (tertiary/aromatic N) is 1. The van der Waals surface area contributed by atoms with Crippen LogP contribution in [0.2, 0.25) is 5.02 Å². The van der Waals surface area contributed by atoms with Gasteiger partial charge in [-0.25, -0.2) is 4.79 Å². The van der Waals surface area contributed by atoms with Gasteiger partial charge in [-0.05, 0) is 55.2 Å². The Balaban J connectivity index is 1.34. The summed E-state index contributed by atoms with van der Waals surface area (Å²) in [5.74, 6) is 1.05. The summed E-state index contributed by atoms with van der Waals surface area (Å²) in [6, 6.07) is 16.0. The molecule has 0 radical (unpaired) electrons. The molecule has 0 bridgehead atoms. The van der Waals surface area contributed by atoms with Gasteiger partial charge < -0.3 is 20.3 Å². The van der Waals surface area contributed by atoms with Crippen LogP contribution in [0.4, 0.5) is 10.5 Å². The fourth-order valence-electron chi connectivity index (χ4n) is 3.09. The second-order valence-corrected chi connectivity index (χ2v) is 7.20. The van der Waals surface area contributed by atoms with E-state index in [1.807, 2.05) is 35.2 Å². The van der Waals surface area contributed by atoms with E-state index in [0.29, 0.717) is 42.0 Å². The van der Waals surface area contributed by atoms with Crippen molar-refractivity contribution in [3.8, 4) is 5.75 Å². The van der Waals surface area contributed by atoms with Crippen LogP contribution in [0.15, 0.2) is 54.6 Å². The van der Waals surface area contributed by atoms with Gasteiger partial charge in [0.1, 0.15) is 5.75 Å². The van der Waals surface area contributed by atoms with Gasteiger partial charge in [0.25, 0.3) is 5.91 Å². The third-order valence-electron chi connectivity index (χ3n) is 4.73. The number of urea groups is 1. The van der Waals surface area contributed by atoms with Crippen molar-refractivity contribution >= 4 is 29.2 Å². The summed E-state index contributed by atoms with van der Waals surface area (Å²) in [4.78, 5) is 26.1. The topological polar surface area (TPSA) is 70.7 Å². The smallest absolute Gasteiger partial charge is 0.319 e. The number of piperidine rings is 1. The molecule has 6 nitrogen and oxygen atoms in total. The Labute approximate surface area is 169 Å². The summed E-state index contributed by atoms with van der Waals surface area (Å²) in [6.45, 7) is 2.00. The fraction of sp³-hybridized carbons (Fsp3) is 0.333. The van der Waals surface area contributed by atoms with Gasteiger partial charge in [0.15, 0.2) is 6.61 Å². The summed E-state index contributed by atoms with van der Waals surface area (Å²) in [5, 5.41) is 6.30. The van der Waals surface area contributed by atoms with Crippen LogP contribution in [0, 0.1) is 5.92 Å². The minimum Gasteiger partial charge on any atom is -0.484 e. The molecule has 28 heavy (non-hydrogen) atoms. The molecular formula is C21H24ClN3O3. The third-order valence-corrected chi connectivity index (χ3v) is 4.98. The molecule has 0 spiro atoms. The standard InChI is InChI=1S/C21H24ClN3O3/c22-17-6-8-18(9-7-17)24-21(27)23-14-16-10-12-25(13-11-16)20(26)15-28-19-4-2-1-3-5-19/h1-9,16H,10-15H2,(H2,23,24,27). The molecule has 3 amide bonds. The first-order chi connectivity index (χ1) is 13.6. The number of rotatable bonds is 6. The fourth-order valence-corrected chi connectivity index (χ4v) is 3.21. The van der Waals surface area contributed by atoms with Crippen LogP contribution in [-0.2, 0) is 4.79 Å². The van der Waals surface area contributed by atoms with E-state index in [1.54, 1.807) is 24.3 Å². The minimum atomic E-state index is -0.239. The lowest BCUT2D eigenvalue weighted by Crippen LogP contribution is -2.43. The maximum Gasteiger partial charge on any atom is 0.319 e. The molecule has 1 saturated heterocycles. The molecule has 2 N–H and O–H groups in total. The number of amides is 3. The highest BCUT2D eigenvalue weighted by molar-refractivity contribution is 6.30. The van der Waals surface area contributed by atoms with Crippen molar-refractivity contribution in [1.82, 2.24) is 10.2 Å². The first-order valence-corrected chi connectivity index (χ1v) is 9.74. The molecule has 1 aliphatic heterocycles. The minimum absolute atomic E-state index is 0.00394. The van der Waals surface area contributed by atoms with Gasteiger partial charge in [0, 0.05) is 30.3 Å². The molecule has 2 aromatic carbocycles. The molecule has 1 fully saturated rings. The number of halogens is 1. The lowest BCUT2D eigenvalue weighted by Gasteiger charge is -2.32. The van der Waals surface area contributed by atoms with Crippen molar-refractivity contribution < 1.29 is 14.3 Å². The normalized spacial score (nSPS) is 14.4. The summed E-state index contributed by atoms with van der Waals surface area (Å²) in [6.07, 6.45) is 1.72. The predicted molar refractivity (Wildman–Crippen MR) is 110 cm³/mol. The summed E-state index contributed by atoms with van der Waals surface area (Å²) in [5.41, 5.74) is 0.695. The quantitative estimate of drug-likeness (QED) is 0.773. The van der Waals surface area contributed by atoms with Crippen molar-refractivity contribution in [2.24, 2.45) is 5.92 Å². The van der Waals surface area contributed by atoms with Gasteiger partial charge in [-0.2, -0.15) is 0 Å². The summed E-state index contributed by atoms with van der Waals surface area (Å²) >= 11 is 5.83. The van der Waals surface area contributed by atoms with Crippen LogP contribution < -0.4 is 15.4 Å². The van der Waals surface area contributed by atoms with Crippen LogP contribution in [0.3, 0.4) is 0 Å². The van der Waals surface area contributed by atoms with E-state index in [2.05, 4.69) is 10.6 Å². The first-order valence-electron chi connectivity index (χ1n) is 9.36. The van der Waals surface area contributed by atoms with Crippen molar-refractivity contribution in [3.63, 3.8) is 0 Å². The number of hydrogen-bond acceptors (Lipinski definition) is 3. The van der Waals surface area contributed by atoms with E-state index < -0.39 is 0 Å². The highest BCUT2D eigenvalue weighted by Gasteiger charge is 2.23. The molecular weight excluding hydrogens is 378 g/mol. The predicted octanol–water partition coefficient (Wildman–Crippen LogP) is 3.78. The van der Waals surface area contributed by atoms with Crippen molar-refractivity contribution in [1.29, 1.82) is 0 Å². The molecule has 1 heterocycles. The number of benzene rings is 2. The van der Waals surface area contributed by atoms with Gasteiger partial charge in [0.2, 0.25) is 0 Å². The summed E-state index contributed by atoms with van der Waals surface area (Å²) in [7, 11) is 0. The maximum absolute atomic E-state index is 12.3. The molecule has 7 heteroatoms. The SMILES string of the molecule is O=C(NCC1CCN(C(=O)COc2ccccc2)CC1)Nc1ccc(Cl)cc1. The second-order valence-electron chi connectivity index (χ2n) is 6.77. The molecule has 0 unspecified atom stereocenters. The first kappa shape index (κ1) is 20.0. The number of carbonyl (C=O) groups is 2. The lowest BCUT2D eigenvalue weighted by atomic mass is 9.97. The van der Waals surface area contributed by atoms with Crippen molar-refractivity contribution in [3.05, 3.63) is 59.6 Å². The number of hydrogen-bond donors (Lipinski definition) is 2. The van der Waals surface area contributed by atoms with E-state index in [1.165, 1.54) is 0 Å². The molecule has 0 aliphatic carbocycles. The van der Waals surface area contributed by atoms with E-state index >= 15 is 0 Å². The third kappa shape index (κ3) is 6.16. The molecule has 3 rings (SSSR count). The average Bonchev–Trinajstić information content (AvgIpc) is 2.73. The Morgan fingerprint density at radius 3 is 2.39 bits per heavy atom. The maximum atomic E-state index is 12.3. The van der Waals surface area contributed by atoms with Gasteiger partial charge >= 0.3 is 6.03 Å². The van der Waals surface area contributed by atoms with E-state index in [-0.39, 0.29) is 18.5 Å². The zero-order valence-corrected chi connectivity index (χ0v) is 16.3. The molecule has 0 saturated carbocycles. The van der Waals surface area contributed by atoms with Crippen LogP contribution in [-0.4, -0.2) is 43.1 Å². The Kier molecular flexibility index (Phi) is 7.14. The van der Waals surface area contributed by atoms with Crippen LogP contribution in [0.25, 0.3) is 0 Å². The van der Waals surface area contributed by atoms with Crippen molar-refractivity contribution in [2.75, 3.05) is 31.6 Å². The highest BCUT2D eigenvalue weighted by Crippen LogP contribution is 2.17. The Morgan fingerprint density at radius 2 is 1.71 bits per heavy atom. The average molecular weight is 402 g/mol. The molecule has 0 aromatic heterocycles. The number of para-hydroxylation sites is 1. The molecule has 1 aliphatic rings.